The van der Waals surface area contributed by atoms with Gasteiger partial charge in [-0.2, -0.15) is 0 Å². The van der Waals surface area contributed by atoms with Crippen LogP contribution in [0.3, 0.4) is 0 Å². The molecule has 0 unspecified atom stereocenters. The minimum absolute atomic E-state index is 0.148. The second-order valence-corrected chi connectivity index (χ2v) is 19.3. The third kappa shape index (κ3) is 6.21. The van der Waals surface area contributed by atoms with Crippen LogP contribution in [-0.4, -0.2) is 4.57 Å². The Hall–Kier alpha value is -8.92. The van der Waals surface area contributed by atoms with Crippen LogP contribution >= 0.6 is 0 Å². The molecule has 0 amide bonds. The predicted molar refractivity (Wildman–Crippen MR) is 294 cm³/mol. The molecule has 3 heteroatoms. The minimum Gasteiger partial charge on any atom is -0.454 e. The third-order valence-electron chi connectivity index (χ3n) is 15.0. The molecule has 0 saturated carbocycles. The Balaban J connectivity index is 0.806. The molecule has 330 valence electrons. The molecule has 0 bridgehead atoms. The Bertz CT molecular complexity index is 4180. The quantitative estimate of drug-likeness (QED) is 0.159. The largest absolute Gasteiger partial charge is 0.454 e. The van der Waals surface area contributed by atoms with Crippen LogP contribution in [0.15, 0.2) is 247 Å². The minimum atomic E-state index is -0.148. The van der Waals surface area contributed by atoms with E-state index in [1.807, 2.05) is 0 Å². The summed E-state index contributed by atoms with van der Waals surface area (Å²) in [5.74, 6) is 0. The molecular formula is C67H46N2O. The van der Waals surface area contributed by atoms with Gasteiger partial charge in [0.15, 0.2) is 5.58 Å². The second kappa shape index (κ2) is 15.6. The molecule has 0 saturated heterocycles. The van der Waals surface area contributed by atoms with Crippen LogP contribution in [-0.2, 0) is 5.41 Å². The summed E-state index contributed by atoms with van der Waals surface area (Å²) in [5, 5.41) is 7.14. The Labute approximate surface area is 406 Å². The summed E-state index contributed by atoms with van der Waals surface area (Å²) in [6.45, 7) is 4.70. The van der Waals surface area contributed by atoms with Gasteiger partial charge in [0, 0.05) is 44.0 Å². The van der Waals surface area contributed by atoms with Crippen molar-refractivity contribution < 1.29 is 4.42 Å². The van der Waals surface area contributed by atoms with Gasteiger partial charge in [-0.25, -0.2) is 0 Å². The fourth-order valence-electron chi connectivity index (χ4n) is 11.5. The molecule has 1 aliphatic rings. The molecule has 11 aromatic carbocycles. The maximum atomic E-state index is 6.87. The molecule has 13 aromatic rings. The number of furan rings is 1. The van der Waals surface area contributed by atoms with Crippen molar-refractivity contribution in [3.05, 3.63) is 254 Å². The van der Waals surface area contributed by atoms with Crippen LogP contribution in [0.1, 0.15) is 25.0 Å². The molecule has 0 atom stereocenters. The number of nitrogens with zero attached hydrogens (tertiary/aromatic N) is 2. The first kappa shape index (κ1) is 40.2. The molecular weight excluding hydrogens is 849 g/mol. The molecule has 3 nitrogen and oxygen atoms in total. The lowest BCUT2D eigenvalue weighted by molar-refractivity contribution is 0.660. The van der Waals surface area contributed by atoms with E-state index in [1.54, 1.807) is 0 Å². The fourth-order valence-corrected chi connectivity index (χ4v) is 11.5. The summed E-state index contributed by atoms with van der Waals surface area (Å²) in [5.41, 5.74) is 20.8. The molecule has 1 aliphatic carbocycles. The Kier molecular flexibility index (Phi) is 8.93. The predicted octanol–water partition coefficient (Wildman–Crippen LogP) is 18.6. The van der Waals surface area contributed by atoms with Crippen molar-refractivity contribution in [2.45, 2.75) is 19.3 Å². The highest BCUT2D eigenvalue weighted by Crippen LogP contribution is 2.52. The van der Waals surface area contributed by atoms with Crippen molar-refractivity contribution in [3.8, 4) is 50.2 Å². The molecule has 70 heavy (non-hydrogen) atoms. The lowest BCUT2D eigenvalue weighted by Crippen LogP contribution is -2.16. The van der Waals surface area contributed by atoms with E-state index in [0.29, 0.717) is 0 Å². The zero-order valence-electron chi connectivity index (χ0n) is 38.9. The summed E-state index contributed by atoms with van der Waals surface area (Å²) in [6.07, 6.45) is 0. The number of rotatable bonds is 7. The Morgan fingerprint density at radius 3 is 1.67 bits per heavy atom. The third-order valence-corrected chi connectivity index (χ3v) is 15.0. The molecule has 0 fully saturated rings. The number of hydrogen-bond donors (Lipinski definition) is 0. The standard InChI is InChI=1S/C67H46N2O/c1-67(2)59-21-11-8-18-54(59)55-38-37-52(42-60(55)67)68(63-41-49-14-6-7-17-53(49)65-57-20-10-13-23-64(57)70-66(63)65)51-35-32-46(33-36-51)45-26-24-43(25-27-45)44-28-30-47(31-29-44)48-34-39-62-58(40-48)56-19-9-12-22-61(56)69(62)50-15-4-3-5-16-50/h3-42H,1-2H3. The van der Waals surface area contributed by atoms with Crippen molar-refractivity contribution in [2.75, 3.05) is 4.90 Å². The summed E-state index contributed by atoms with van der Waals surface area (Å²) < 4.78 is 9.24. The zero-order chi connectivity index (χ0) is 46.5. The van der Waals surface area contributed by atoms with E-state index in [9.17, 15) is 0 Å². The Morgan fingerprint density at radius 1 is 0.386 bits per heavy atom. The van der Waals surface area contributed by atoms with Crippen LogP contribution in [0.5, 0.6) is 0 Å². The molecule has 2 heterocycles. The number of aromatic nitrogens is 1. The average molecular weight is 895 g/mol. The van der Waals surface area contributed by atoms with E-state index in [-0.39, 0.29) is 5.41 Å². The SMILES string of the molecule is CC1(C)c2ccccc2-c2ccc(N(c3ccc(-c4ccc(-c5ccc(-c6ccc7c(c6)c6ccccc6n7-c6ccccc6)cc5)cc4)cc3)c3cc4ccccc4c4c3oc3ccccc34)cc21. The first-order valence-corrected chi connectivity index (χ1v) is 24.2. The van der Waals surface area contributed by atoms with Gasteiger partial charge in [-0.05, 0) is 133 Å². The summed E-state index contributed by atoms with van der Waals surface area (Å²) in [7, 11) is 0. The lowest BCUT2D eigenvalue weighted by atomic mass is 9.82. The number of anilines is 3. The van der Waals surface area contributed by atoms with E-state index in [4.69, 9.17) is 4.42 Å². The first-order chi connectivity index (χ1) is 34.5. The fraction of sp³-hybridized carbons (Fsp3) is 0.0448. The van der Waals surface area contributed by atoms with Crippen molar-refractivity contribution in [1.29, 1.82) is 0 Å². The first-order valence-electron chi connectivity index (χ1n) is 24.2. The van der Waals surface area contributed by atoms with Crippen LogP contribution in [0.2, 0.25) is 0 Å². The molecule has 0 spiro atoms. The average Bonchev–Trinajstić information content (AvgIpc) is 4.05. The highest BCUT2D eigenvalue weighted by Gasteiger charge is 2.36. The van der Waals surface area contributed by atoms with E-state index in [1.165, 1.54) is 88.3 Å². The van der Waals surface area contributed by atoms with Gasteiger partial charge in [-0.15, -0.1) is 0 Å². The van der Waals surface area contributed by atoms with Crippen molar-refractivity contribution in [2.24, 2.45) is 0 Å². The van der Waals surface area contributed by atoms with Crippen LogP contribution in [0.4, 0.5) is 17.1 Å². The van der Waals surface area contributed by atoms with Gasteiger partial charge in [0.05, 0.1) is 16.7 Å². The van der Waals surface area contributed by atoms with E-state index in [2.05, 4.69) is 266 Å². The van der Waals surface area contributed by atoms with Gasteiger partial charge >= 0.3 is 0 Å². The van der Waals surface area contributed by atoms with Gasteiger partial charge in [-0.1, -0.05) is 190 Å². The summed E-state index contributed by atoms with van der Waals surface area (Å²) >= 11 is 0. The van der Waals surface area contributed by atoms with Crippen molar-refractivity contribution in [3.63, 3.8) is 0 Å². The number of para-hydroxylation sites is 3. The number of fused-ring (bicyclic) bond motifs is 11. The highest BCUT2D eigenvalue weighted by atomic mass is 16.3. The van der Waals surface area contributed by atoms with Crippen molar-refractivity contribution in [1.82, 2.24) is 4.57 Å². The van der Waals surface area contributed by atoms with E-state index in [0.717, 1.165) is 44.6 Å². The van der Waals surface area contributed by atoms with Crippen molar-refractivity contribution >= 4 is 71.6 Å². The second-order valence-electron chi connectivity index (χ2n) is 19.3. The van der Waals surface area contributed by atoms with Gasteiger partial charge in [0.25, 0.3) is 0 Å². The number of benzene rings is 11. The maximum absolute atomic E-state index is 6.87. The molecule has 0 radical (unpaired) electrons. The topological polar surface area (TPSA) is 21.3 Å². The van der Waals surface area contributed by atoms with Crippen LogP contribution in [0, 0.1) is 0 Å². The monoisotopic (exact) mass is 894 g/mol. The van der Waals surface area contributed by atoms with Gasteiger partial charge in [-0.3, -0.25) is 0 Å². The van der Waals surface area contributed by atoms with Crippen LogP contribution in [0.25, 0.3) is 105 Å². The number of hydrogen-bond acceptors (Lipinski definition) is 2. The normalized spacial score (nSPS) is 12.8. The van der Waals surface area contributed by atoms with Gasteiger partial charge in [0.2, 0.25) is 0 Å². The summed E-state index contributed by atoms with van der Waals surface area (Å²) in [4.78, 5) is 2.40. The smallest absolute Gasteiger partial charge is 0.160 e. The summed E-state index contributed by atoms with van der Waals surface area (Å²) in [6, 6.07) is 88.5. The van der Waals surface area contributed by atoms with E-state index >= 15 is 0 Å². The molecule has 14 rings (SSSR count). The molecule has 0 N–H and O–H groups in total. The molecule has 0 aliphatic heterocycles. The lowest BCUT2D eigenvalue weighted by Gasteiger charge is -2.28. The highest BCUT2D eigenvalue weighted by molar-refractivity contribution is 6.23. The van der Waals surface area contributed by atoms with Crippen LogP contribution < -0.4 is 4.90 Å². The van der Waals surface area contributed by atoms with Gasteiger partial charge in [0.1, 0.15) is 5.58 Å². The maximum Gasteiger partial charge on any atom is 0.160 e. The van der Waals surface area contributed by atoms with Gasteiger partial charge < -0.3 is 13.9 Å². The van der Waals surface area contributed by atoms with E-state index < -0.39 is 0 Å². The molecule has 2 aromatic heterocycles. The zero-order valence-corrected chi connectivity index (χ0v) is 38.9. The Morgan fingerprint density at radius 2 is 0.929 bits per heavy atom.